The number of hydrogen-bond donors (Lipinski definition) is 2. The first-order valence-electron chi connectivity index (χ1n) is 8.81. The van der Waals surface area contributed by atoms with E-state index in [4.69, 9.17) is 40.4 Å². The lowest BCUT2D eigenvalue weighted by Crippen LogP contribution is -2.47. The molecule has 0 saturated heterocycles. The number of amides is 1. The fourth-order valence-electron chi connectivity index (χ4n) is 3.05. The van der Waals surface area contributed by atoms with Crippen LogP contribution < -0.4 is 15.5 Å². The molecule has 0 saturated carbocycles. The fraction of sp³-hybridized carbons (Fsp3) is 0.100. The molecule has 1 aromatic heterocycles. The quantitative estimate of drug-likeness (QED) is 0.542. The lowest BCUT2D eigenvalue weighted by Gasteiger charge is -2.21. The molecular weight excluding hydrogens is 461 g/mol. The number of thiocarbonyl (C=S) groups is 1. The maximum Gasteiger partial charge on any atom is 0.272 e. The molecule has 1 aliphatic rings. The number of rotatable bonds is 3. The number of aliphatic imine (C=N–C) groups is 1. The van der Waals surface area contributed by atoms with E-state index in [0.29, 0.717) is 37.7 Å². The van der Waals surface area contributed by atoms with Crippen LogP contribution in [0.3, 0.4) is 0 Å². The number of hydrogen-bond acceptors (Lipinski definition) is 5. The molecule has 3 aromatic rings. The van der Waals surface area contributed by atoms with Crippen LogP contribution in [-0.2, 0) is 4.79 Å². The zero-order chi connectivity index (χ0) is 21.3. The molecule has 0 bridgehead atoms. The number of nitrogens with one attached hydrogen (secondary N) is 2. The summed E-state index contributed by atoms with van der Waals surface area (Å²) in [6.45, 7) is 0. The van der Waals surface area contributed by atoms with Crippen molar-refractivity contribution < 1.29 is 4.79 Å². The smallest absolute Gasteiger partial charge is 0.272 e. The molecule has 2 aromatic carbocycles. The van der Waals surface area contributed by atoms with Crippen molar-refractivity contribution in [3.63, 3.8) is 0 Å². The number of carbonyl (C=O) groups is 1. The van der Waals surface area contributed by atoms with Gasteiger partial charge in [-0.25, -0.2) is 9.98 Å². The predicted octanol–water partition coefficient (Wildman–Crippen LogP) is 4.58. The van der Waals surface area contributed by atoms with Crippen LogP contribution in [0, 0.1) is 0 Å². The monoisotopic (exact) mass is 475 g/mol. The summed E-state index contributed by atoms with van der Waals surface area (Å²) in [6.07, 6.45) is 0.696. The minimum atomic E-state index is -0.965. The highest BCUT2D eigenvalue weighted by atomic mass is 35.5. The third-order valence-corrected chi connectivity index (χ3v) is 5.92. The maximum atomic E-state index is 13.2. The molecule has 2 N–H and O–H groups in total. The molecule has 0 radical (unpaired) electrons. The molecule has 2 heterocycles. The summed E-state index contributed by atoms with van der Waals surface area (Å²) in [5.74, 6) is -0.274. The number of carbonyl (C=O) groups excluding carboxylic acids is 1. The van der Waals surface area contributed by atoms with Gasteiger partial charge in [-0.15, -0.1) is 11.3 Å². The zero-order valence-corrected chi connectivity index (χ0v) is 18.7. The number of nitrogens with zero attached hydrogens (tertiary/aromatic N) is 3. The largest absolute Gasteiger partial charge is 0.333 e. The molecule has 152 valence electrons. The van der Waals surface area contributed by atoms with Gasteiger partial charge in [0.15, 0.2) is 10.2 Å². The Labute approximate surface area is 192 Å². The molecule has 1 aliphatic heterocycles. The summed E-state index contributed by atoms with van der Waals surface area (Å²) in [5.41, 5.74) is 2.61. The van der Waals surface area contributed by atoms with E-state index in [1.54, 1.807) is 37.5 Å². The number of benzodiazepines with no additional fused rings is 1. The molecule has 6 nitrogen and oxygen atoms in total. The van der Waals surface area contributed by atoms with E-state index >= 15 is 0 Å². The van der Waals surface area contributed by atoms with E-state index in [1.807, 2.05) is 23.6 Å². The van der Waals surface area contributed by atoms with Crippen molar-refractivity contribution >= 4 is 74.3 Å². The van der Waals surface area contributed by atoms with Crippen molar-refractivity contribution in [3.05, 3.63) is 75.2 Å². The Kier molecular flexibility index (Phi) is 6.01. The Morgan fingerprint density at radius 2 is 2.00 bits per heavy atom. The SMILES string of the molecule is CN1C(=O)C(NC(=S)Nc2nccs2)N=C(c2ccccc2Cl)c2cc(Cl)ccc21. The predicted molar refractivity (Wildman–Crippen MR) is 127 cm³/mol. The number of likely N-dealkylation sites (N-methyl/N-ethyl adjacent to an activating group) is 1. The topological polar surface area (TPSA) is 69.6 Å². The lowest BCUT2D eigenvalue weighted by atomic mass is 10.00. The number of halogens is 2. The second kappa shape index (κ2) is 8.69. The average Bonchev–Trinajstić information content (AvgIpc) is 3.20. The van der Waals surface area contributed by atoms with Crippen molar-refractivity contribution in [2.45, 2.75) is 6.17 Å². The Morgan fingerprint density at radius 3 is 2.73 bits per heavy atom. The van der Waals surface area contributed by atoms with Crippen molar-refractivity contribution in [3.8, 4) is 0 Å². The highest BCUT2D eigenvalue weighted by Gasteiger charge is 2.31. The molecule has 30 heavy (non-hydrogen) atoms. The van der Waals surface area contributed by atoms with E-state index < -0.39 is 6.17 Å². The van der Waals surface area contributed by atoms with Crippen molar-refractivity contribution in [2.75, 3.05) is 17.3 Å². The van der Waals surface area contributed by atoms with Crippen molar-refractivity contribution in [1.29, 1.82) is 0 Å². The molecule has 0 spiro atoms. The van der Waals surface area contributed by atoms with Gasteiger partial charge in [-0.05, 0) is 36.5 Å². The number of fused-ring (bicyclic) bond motifs is 1. The Morgan fingerprint density at radius 1 is 1.20 bits per heavy atom. The summed E-state index contributed by atoms with van der Waals surface area (Å²) in [7, 11) is 1.69. The average molecular weight is 476 g/mol. The van der Waals surface area contributed by atoms with Gasteiger partial charge >= 0.3 is 0 Å². The van der Waals surface area contributed by atoms with Gasteiger partial charge in [-0.1, -0.05) is 41.4 Å². The van der Waals surface area contributed by atoms with Gasteiger partial charge in [0.05, 0.1) is 11.4 Å². The summed E-state index contributed by atoms with van der Waals surface area (Å²) in [6, 6.07) is 12.6. The normalized spacial score (nSPS) is 15.8. The Balaban J connectivity index is 1.78. The van der Waals surface area contributed by atoms with E-state index in [1.165, 1.54) is 16.2 Å². The van der Waals surface area contributed by atoms with Gasteiger partial charge in [-0.2, -0.15) is 0 Å². The van der Waals surface area contributed by atoms with E-state index in [0.717, 1.165) is 0 Å². The van der Waals surface area contributed by atoms with Gasteiger partial charge in [0, 0.05) is 39.8 Å². The van der Waals surface area contributed by atoms with Gasteiger partial charge < -0.3 is 15.5 Å². The Hall–Kier alpha value is -2.52. The van der Waals surface area contributed by atoms with E-state index in [2.05, 4.69) is 15.6 Å². The zero-order valence-electron chi connectivity index (χ0n) is 15.6. The first-order valence-corrected chi connectivity index (χ1v) is 10.9. The first-order chi connectivity index (χ1) is 14.4. The third-order valence-electron chi connectivity index (χ3n) is 4.45. The van der Waals surface area contributed by atoms with Crippen LogP contribution in [0.15, 0.2) is 59.0 Å². The van der Waals surface area contributed by atoms with Crippen molar-refractivity contribution in [1.82, 2.24) is 10.3 Å². The summed E-state index contributed by atoms with van der Waals surface area (Å²) in [4.78, 5) is 23.6. The molecule has 4 rings (SSSR count). The molecular formula is C20H15Cl2N5OS2. The molecule has 1 atom stereocenters. The minimum absolute atomic E-state index is 0.239. The summed E-state index contributed by atoms with van der Waals surface area (Å²) < 4.78 is 0. The van der Waals surface area contributed by atoms with Crippen LogP contribution in [0.1, 0.15) is 11.1 Å². The number of aromatic nitrogens is 1. The van der Waals surface area contributed by atoms with Crippen LogP contribution >= 0.6 is 46.8 Å². The highest BCUT2D eigenvalue weighted by molar-refractivity contribution is 7.80. The van der Waals surface area contributed by atoms with E-state index in [9.17, 15) is 4.79 Å². The lowest BCUT2D eigenvalue weighted by molar-refractivity contribution is -0.119. The highest BCUT2D eigenvalue weighted by Crippen LogP contribution is 2.31. The molecule has 1 amide bonds. The second-order valence-corrected chi connectivity index (χ2v) is 8.50. The number of thiazole rings is 1. The van der Waals surface area contributed by atoms with Crippen LogP contribution in [0.4, 0.5) is 10.8 Å². The van der Waals surface area contributed by atoms with Crippen LogP contribution in [0.2, 0.25) is 10.0 Å². The van der Waals surface area contributed by atoms with E-state index in [-0.39, 0.29) is 11.0 Å². The minimum Gasteiger partial charge on any atom is -0.333 e. The molecule has 0 aliphatic carbocycles. The molecule has 0 fully saturated rings. The molecule has 10 heteroatoms. The first kappa shape index (κ1) is 20.7. The van der Waals surface area contributed by atoms with Crippen molar-refractivity contribution in [2.24, 2.45) is 4.99 Å². The fourth-order valence-corrected chi connectivity index (χ4v) is 4.25. The standard InChI is InChI=1S/C20H15Cl2N5OS2/c1-27-15-7-6-11(21)10-13(15)16(12-4-2-3-5-14(12)22)24-17(18(27)28)25-19(29)26-20-23-8-9-30-20/h2-10,17H,1H3,(H2,23,25,26,29). The van der Waals surface area contributed by atoms with Crippen LogP contribution in [0.5, 0.6) is 0 Å². The number of anilines is 2. The second-order valence-electron chi connectivity index (χ2n) is 6.35. The van der Waals surface area contributed by atoms with Crippen LogP contribution in [0.25, 0.3) is 0 Å². The van der Waals surface area contributed by atoms with Crippen LogP contribution in [-0.4, -0.2) is 34.9 Å². The van der Waals surface area contributed by atoms with Gasteiger partial charge in [0.1, 0.15) is 0 Å². The summed E-state index contributed by atoms with van der Waals surface area (Å²) >= 11 is 19.5. The third kappa shape index (κ3) is 4.17. The maximum absolute atomic E-state index is 13.2. The Bertz CT molecular complexity index is 1150. The number of benzene rings is 2. The van der Waals surface area contributed by atoms with Gasteiger partial charge in [-0.3, -0.25) is 4.79 Å². The molecule has 1 unspecified atom stereocenters. The van der Waals surface area contributed by atoms with Gasteiger partial charge in [0.2, 0.25) is 6.17 Å². The van der Waals surface area contributed by atoms with Gasteiger partial charge in [0.25, 0.3) is 5.91 Å². The summed E-state index contributed by atoms with van der Waals surface area (Å²) in [5, 5.41) is 9.66.